The fraction of sp³-hybridized carbons (Fsp3) is 0.500. The Bertz CT molecular complexity index is 741. The van der Waals surface area contributed by atoms with Crippen molar-refractivity contribution in [2.45, 2.75) is 42.8 Å². The molecular formula is C18H24N4O3S. The summed E-state index contributed by atoms with van der Waals surface area (Å²) in [5.74, 6) is 1.53. The molecule has 140 valence electrons. The van der Waals surface area contributed by atoms with E-state index in [0.717, 1.165) is 41.7 Å². The van der Waals surface area contributed by atoms with Gasteiger partial charge in [-0.05, 0) is 44.0 Å². The number of hydrogen-bond acceptors (Lipinski definition) is 6. The third kappa shape index (κ3) is 4.19. The van der Waals surface area contributed by atoms with Crippen molar-refractivity contribution in [3.63, 3.8) is 0 Å². The van der Waals surface area contributed by atoms with Crippen molar-refractivity contribution in [2.24, 2.45) is 0 Å². The van der Waals surface area contributed by atoms with Crippen molar-refractivity contribution in [3.8, 4) is 17.1 Å². The topological polar surface area (TPSA) is 78.3 Å². The van der Waals surface area contributed by atoms with Crippen LogP contribution in [0.1, 0.15) is 19.8 Å². The molecule has 0 radical (unpaired) electrons. The van der Waals surface area contributed by atoms with E-state index in [1.54, 1.807) is 14.2 Å². The Hall–Kier alpha value is -2.06. The van der Waals surface area contributed by atoms with Gasteiger partial charge in [0.05, 0.1) is 25.0 Å². The van der Waals surface area contributed by atoms with Crippen LogP contribution in [0.2, 0.25) is 0 Å². The zero-order chi connectivity index (χ0) is 18.5. The zero-order valence-electron chi connectivity index (χ0n) is 15.3. The van der Waals surface area contributed by atoms with Gasteiger partial charge in [-0.15, -0.1) is 10.2 Å². The van der Waals surface area contributed by atoms with Crippen LogP contribution in [-0.4, -0.2) is 52.8 Å². The van der Waals surface area contributed by atoms with E-state index in [9.17, 15) is 4.79 Å². The van der Waals surface area contributed by atoms with Gasteiger partial charge in [0, 0.05) is 19.2 Å². The lowest BCUT2D eigenvalue weighted by Gasteiger charge is -2.16. The standard InChI is InChI=1S/C18H24N4O3S/c1-12(17(23)19-2)26-18-21-20-16(13-6-8-14(24-3)9-7-13)22(18)11-15-5-4-10-25-15/h6-9,12,15H,4-5,10-11H2,1-3H3,(H,19,23). The molecule has 1 saturated heterocycles. The van der Waals surface area contributed by atoms with Crippen LogP contribution in [0.25, 0.3) is 11.4 Å². The Morgan fingerprint density at radius 1 is 1.42 bits per heavy atom. The minimum absolute atomic E-state index is 0.0346. The smallest absolute Gasteiger partial charge is 0.233 e. The van der Waals surface area contributed by atoms with Crippen LogP contribution in [-0.2, 0) is 16.1 Å². The van der Waals surface area contributed by atoms with Crippen LogP contribution in [0.3, 0.4) is 0 Å². The van der Waals surface area contributed by atoms with Crippen molar-refractivity contribution >= 4 is 17.7 Å². The lowest BCUT2D eigenvalue weighted by Crippen LogP contribution is -2.27. The first-order valence-corrected chi connectivity index (χ1v) is 9.57. The second-order valence-corrected chi connectivity index (χ2v) is 7.46. The highest BCUT2D eigenvalue weighted by Crippen LogP contribution is 2.29. The van der Waals surface area contributed by atoms with Gasteiger partial charge in [-0.25, -0.2) is 0 Å². The second kappa shape index (κ2) is 8.55. The van der Waals surface area contributed by atoms with E-state index in [0.29, 0.717) is 6.54 Å². The van der Waals surface area contributed by atoms with Gasteiger partial charge in [-0.3, -0.25) is 9.36 Å². The molecule has 1 fully saturated rings. The molecule has 1 aliphatic heterocycles. The van der Waals surface area contributed by atoms with Gasteiger partial charge in [-0.1, -0.05) is 11.8 Å². The third-order valence-electron chi connectivity index (χ3n) is 4.37. The molecule has 3 rings (SSSR count). The first-order valence-electron chi connectivity index (χ1n) is 8.70. The number of nitrogens with zero attached hydrogens (tertiary/aromatic N) is 3. The van der Waals surface area contributed by atoms with Crippen LogP contribution < -0.4 is 10.1 Å². The van der Waals surface area contributed by atoms with E-state index >= 15 is 0 Å². The van der Waals surface area contributed by atoms with Gasteiger partial charge in [0.2, 0.25) is 5.91 Å². The number of benzene rings is 1. The molecular weight excluding hydrogens is 352 g/mol. The van der Waals surface area contributed by atoms with Crippen molar-refractivity contribution in [1.29, 1.82) is 0 Å². The number of nitrogens with one attached hydrogen (secondary N) is 1. The van der Waals surface area contributed by atoms with E-state index < -0.39 is 0 Å². The fourth-order valence-corrected chi connectivity index (χ4v) is 3.82. The Kier molecular flexibility index (Phi) is 6.16. The van der Waals surface area contributed by atoms with E-state index in [1.165, 1.54) is 11.8 Å². The Morgan fingerprint density at radius 2 is 2.19 bits per heavy atom. The molecule has 1 N–H and O–H groups in total. The molecule has 2 unspecified atom stereocenters. The normalized spacial score (nSPS) is 17.9. The Labute approximate surface area is 157 Å². The van der Waals surface area contributed by atoms with Gasteiger partial charge in [0.25, 0.3) is 0 Å². The first-order chi connectivity index (χ1) is 12.6. The Morgan fingerprint density at radius 3 is 2.81 bits per heavy atom. The maximum Gasteiger partial charge on any atom is 0.233 e. The van der Waals surface area contributed by atoms with Crippen molar-refractivity contribution < 1.29 is 14.3 Å². The number of rotatable bonds is 7. The third-order valence-corrected chi connectivity index (χ3v) is 5.45. The lowest BCUT2D eigenvalue weighted by molar-refractivity contribution is -0.119. The van der Waals surface area contributed by atoms with Crippen LogP contribution in [0.4, 0.5) is 0 Å². The summed E-state index contributed by atoms with van der Waals surface area (Å²) in [7, 11) is 3.28. The number of methoxy groups -OCH3 is 1. The number of hydrogen-bond donors (Lipinski definition) is 1. The van der Waals surface area contributed by atoms with E-state index in [-0.39, 0.29) is 17.3 Å². The average molecular weight is 376 g/mol. The highest BCUT2D eigenvalue weighted by Gasteiger charge is 2.24. The number of carbonyl (C=O) groups is 1. The molecule has 2 heterocycles. The zero-order valence-corrected chi connectivity index (χ0v) is 16.1. The van der Waals surface area contributed by atoms with E-state index in [4.69, 9.17) is 9.47 Å². The highest BCUT2D eigenvalue weighted by molar-refractivity contribution is 8.00. The van der Waals surface area contributed by atoms with Crippen LogP contribution in [0, 0.1) is 0 Å². The summed E-state index contributed by atoms with van der Waals surface area (Å²) < 4.78 is 13.1. The number of amides is 1. The first kappa shape index (κ1) is 18.7. The van der Waals surface area contributed by atoms with Crippen LogP contribution >= 0.6 is 11.8 Å². The van der Waals surface area contributed by atoms with Crippen molar-refractivity contribution in [2.75, 3.05) is 20.8 Å². The molecule has 1 aliphatic rings. The predicted molar refractivity (Wildman–Crippen MR) is 100 cm³/mol. The summed E-state index contributed by atoms with van der Waals surface area (Å²) in [5, 5.41) is 11.9. The SMILES string of the molecule is CNC(=O)C(C)Sc1nnc(-c2ccc(OC)cc2)n1CC1CCCO1. The maximum atomic E-state index is 11.9. The molecule has 8 heteroatoms. The second-order valence-electron chi connectivity index (χ2n) is 6.15. The number of aromatic nitrogens is 3. The van der Waals surface area contributed by atoms with Gasteiger partial charge >= 0.3 is 0 Å². The van der Waals surface area contributed by atoms with E-state index in [1.807, 2.05) is 31.2 Å². The monoisotopic (exact) mass is 376 g/mol. The lowest BCUT2D eigenvalue weighted by atomic mass is 10.2. The molecule has 7 nitrogen and oxygen atoms in total. The maximum absolute atomic E-state index is 11.9. The summed E-state index contributed by atoms with van der Waals surface area (Å²) in [6.45, 7) is 3.33. The van der Waals surface area contributed by atoms with Gasteiger partial charge in [-0.2, -0.15) is 0 Å². The minimum atomic E-state index is -0.254. The molecule has 0 bridgehead atoms. The van der Waals surface area contributed by atoms with Crippen molar-refractivity contribution in [1.82, 2.24) is 20.1 Å². The molecule has 1 aromatic carbocycles. The summed E-state index contributed by atoms with van der Waals surface area (Å²) in [5.41, 5.74) is 0.954. The Balaban J connectivity index is 1.90. The number of thioether (sulfide) groups is 1. The summed E-state index contributed by atoms with van der Waals surface area (Å²) in [4.78, 5) is 11.9. The molecule has 26 heavy (non-hydrogen) atoms. The minimum Gasteiger partial charge on any atom is -0.497 e. The highest BCUT2D eigenvalue weighted by atomic mass is 32.2. The molecule has 2 atom stereocenters. The number of ether oxygens (including phenoxy) is 2. The summed E-state index contributed by atoms with van der Waals surface area (Å²) in [6, 6.07) is 7.73. The van der Waals surface area contributed by atoms with Gasteiger partial charge < -0.3 is 14.8 Å². The van der Waals surface area contributed by atoms with E-state index in [2.05, 4.69) is 20.1 Å². The molecule has 0 spiro atoms. The van der Waals surface area contributed by atoms with Crippen LogP contribution in [0.15, 0.2) is 29.4 Å². The van der Waals surface area contributed by atoms with Gasteiger partial charge in [0.15, 0.2) is 11.0 Å². The quantitative estimate of drug-likeness (QED) is 0.748. The molecule has 0 saturated carbocycles. The molecule has 1 amide bonds. The van der Waals surface area contributed by atoms with Gasteiger partial charge in [0.1, 0.15) is 5.75 Å². The number of carbonyl (C=O) groups excluding carboxylic acids is 1. The molecule has 0 aliphatic carbocycles. The van der Waals surface area contributed by atoms with Crippen molar-refractivity contribution in [3.05, 3.63) is 24.3 Å². The average Bonchev–Trinajstić information content (AvgIpc) is 3.32. The van der Waals surface area contributed by atoms with Crippen LogP contribution in [0.5, 0.6) is 5.75 Å². The largest absolute Gasteiger partial charge is 0.497 e. The fourth-order valence-electron chi connectivity index (χ4n) is 2.90. The molecule has 1 aromatic heterocycles. The molecule has 2 aromatic rings. The summed E-state index contributed by atoms with van der Waals surface area (Å²) >= 11 is 1.41. The predicted octanol–water partition coefficient (Wildman–Crippen LogP) is 2.36. The summed E-state index contributed by atoms with van der Waals surface area (Å²) in [6.07, 6.45) is 2.24.